The van der Waals surface area contributed by atoms with E-state index in [4.69, 9.17) is 4.98 Å². The van der Waals surface area contributed by atoms with Gasteiger partial charge in [-0.1, -0.05) is 27.7 Å². The zero-order valence-electron chi connectivity index (χ0n) is 14.0. The lowest BCUT2D eigenvalue weighted by atomic mass is 9.98. The van der Waals surface area contributed by atoms with E-state index in [0.717, 1.165) is 36.6 Å². The van der Waals surface area contributed by atoms with E-state index in [-0.39, 0.29) is 5.41 Å². The average molecular weight is 330 g/mol. The van der Waals surface area contributed by atoms with Gasteiger partial charge in [0.25, 0.3) is 5.78 Å². The van der Waals surface area contributed by atoms with Crippen molar-refractivity contribution in [1.29, 1.82) is 0 Å². The van der Waals surface area contributed by atoms with Crippen molar-refractivity contribution in [2.24, 2.45) is 0 Å². The van der Waals surface area contributed by atoms with Gasteiger partial charge in [-0.25, -0.2) is 9.97 Å². The Bertz CT molecular complexity index is 798. The van der Waals surface area contributed by atoms with E-state index < -0.39 is 0 Å². The van der Waals surface area contributed by atoms with Crippen molar-refractivity contribution in [3.63, 3.8) is 0 Å². The molecular weight excluding hydrogens is 308 g/mol. The zero-order chi connectivity index (χ0) is 16.4. The summed E-state index contributed by atoms with van der Waals surface area (Å²) < 4.78 is 1.74. The minimum atomic E-state index is 0.115. The molecule has 0 bridgehead atoms. The van der Waals surface area contributed by atoms with Gasteiger partial charge in [-0.15, -0.1) is 11.3 Å². The second kappa shape index (κ2) is 6.23. The standard InChI is InChI=1S/C16H22N6S/c1-5-11-8-13(22-15(21-11)18-10-19-22)17-7-6-12-9-23-14(20-12)16(2,3)4/h8-10,17H,5-7H2,1-4H3. The van der Waals surface area contributed by atoms with Gasteiger partial charge in [-0.3, -0.25) is 0 Å². The Kier molecular flexibility index (Phi) is 4.30. The molecule has 0 saturated heterocycles. The minimum Gasteiger partial charge on any atom is -0.369 e. The van der Waals surface area contributed by atoms with Crippen LogP contribution in [0.1, 0.15) is 44.1 Å². The molecule has 0 aliphatic rings. The third-order valence-corrected chi connectivity index (χ3v) is 4.86. The first-order valence-corrected chi connectivity index (χ1v) is 8.73. The van der Waals surface area contributed by atoms with Crippen molar-refractivity contribution in [2.75, 3.05) is 11.9 Å². The number of aryl methyl sites for hydroxylation is 1. The van der Waals surface area contributed by atoms with Crippen LogP contribution in [-0.4, -0.2) is 31.1 Å². The SMILES string of the molecule is CCc1cc(NCCc2csc(C(C)(C)C)n2)n2ncnc2n1. The molecule has 1 N–H and O–H groups in total. The summed E-state index contributed by atoms with van der Waals surface area (Å²) in [4.78, 5) is 13.4. The Balaban J connectivity index is 1.69. The highest BCUT2D eigenvalue weighted by molar-refractivity contribution is 7.09. The maximum Gasteiger partial charge on any atom is 0.254 e. The molecule has 3 aromatic rings. The van der Waals surface area contributed by atoms with Crippen LogP contribution in [0.25, 0.3) is 5.78 Å². The smallest absolute Gasteiger partial charge is 0.254 e. The van der Waals surface area contributed by atoms with Crippen molar-refractivity contribution >= 4 is 22.9 Å². The Morgan fingerprint density at radius 1 is 1.22 bits per heavy atom. The number of fused-ring (bicyclic) bond motifs is 1. The molecule has 7 heteroatoms. The number of rotatable bonds is 5. The fourth-order valence-corrected chi connectivity index (χ4v) is 3.19. The first-order chi connectivity index (χ1) is 11.0. The summed E-state index contributed by atoms with van der Waals surface area (Å²) in [5.41, 5.74) is 2.26. The van der Waals surface area contributed by atoms with E-state index in [0.29, 0.717) is 5.78 Å². The largest absolute Gasteiger partial charge is 0.369 e. The van der Waals surface area contributed by atoms with Crippen LogP contribution in [-0.2, 0) is 18.3 Å². The van der Waals surface area contributed by atoms with Gasteiger partial charge in [0, 0.05) is 35.5 Å². The van der Waals surface area contributed by atoms with Crippen molar-refractivity contribution in [2.45, 2.75) is 46.0 Å². The molecule has 0 atom stereocenters. The van der Waals surface area contributed by atoms with Crippen LogP contribution in [0.4, 0.5) is 5.82 Å². The van der Waals surface area contributed by atoms with Crippen LogP contribution in [0.2, 0.25) is 0 Å². The molecule has 0 amide bonds. The Morgan fingerprint density at radius 2 is 2.04 bits per heavy atom. The molecule has 0 aliphatic carbocycles. The van der Waals surface area contributed by atoms with E-state index in [1.807, 2.05) is 6.07 Å². The zero-order valence-corrected chi connectivity index (χ0v) is 14.8. The van der Waals surface area contributed by atoms with E-state index >= 15 is 0 Å². The molecule has 0 radical (unpaired) electrons. The Hall–Kier alpha value is -2.02. The highest BCUT2D eigenvalue weighted by Crippen LogP contribution is 2.25. The minimum absolute atomic E-state index is 0.115. The number of nitrogens with zero attached hydrogens (tertiary/aromatic N) is 5. The van der Waals surface area contributed by atoms with E-state index in [9.17, 15) is 0 Å². The maximum atomic E-state index is 4.73. The molecule has 3 rings (SSSR count). The molecule has 0 saturated carbocycles. The monoisotopic (exact) mass is 330 g/mol. The first-order valence-electron chi connectivity index (χ1n) is 7.86. The molecule has 0 aromatic carbocycles. The van der Waals surface area contributed by atoms with Crippen molar-refractivity contribution in [3.05, 3.63) is 34.2 Å². The molecule has 0 spiro atoms. The number of anilines is 1. The summed E-state index contributed by atoms with van der Waals surface area (Å²) in [7, 11) is 0. The molecule has 122 valence electrons. The Labute approximate surface area is 140 Å². The lowest BCUT2D eigenvalue weighted by Gasteiger charge is -2.13. The molecule has 0 fully saturated rings. The van der Waals surface area contributed by atoms with Crippen LogP contribution in [0.15, 0.2) is 17.8 Å². The van der Waals surface area contributed by atoms with Gasteiger partial charge < -0.3 is 5.32 Å². The van der Waals surface area contributed by atoms with Crippen LogP contribution < -0.4 is 5.32 Å². The summed E-state index contributed by atoms with van der Waals surface area (Å²) in [5, 5.41) is 11.0. The van der Waals surface area contributed by atoms with Crippen LogP contribution in [0, 0.1) is 0 Å². The quantitative estimate of drug-likeness (QED) is 0.778. The van der Waals surface area contributed by atoms with Gasteiger partial charge in [0.15, 0.2) is 0 Å². The van der Waals surface area contributed by atoms with Crippen LogP contribution >= 0.6 is 11.3 Å². The highest BCUT2D eigenvalue weighted by atomic mass is 32.1. The predicted molar refractivity (Wildman–Crippen MR) is 93.2 cm³/mol. The van der Waals surface area contributed by atoms with Crippen molar-refractivity contribution < 1.29 is 0 Å². The topological polar surface area (TPSA) is 68.0 Å². The lowest BCUT2D eigenvalue weighted by Crippen LogP contribution is -2.12. The van der Waals surface area contributed by atoms with Gasteiger partial charge in [0.05, 0.1) is 10.7 Å². The molecule has 3 aromatic heterocycles. The molecule has 0 aliphatic heterocycles. The third-order valence-electron chi connectivity index (χ3n) is 3.55. The third kappa shape index (κ3) is 3.50. The van der Waals surface area contributed by atoms with Crippen molar-refractivity contribution in [1.82, 2.24) is 24.6 Å². The lowest BCUT2D eigenvalue weighted by molar-refractivity contribution is 0.583. The molecule has 3 heterocycles. The molecule has 6 nitrogen and oxygen atoms in total. The summed E-state index contributed by atoms with van der Waals surface area (Å²) in [6.07, 6.45) is 3.29. The second-order valence-electron chi connectivity index (χ2n) is 6.53. The van der Waals surface area contributed by atoms with Crippen molar-refractivity contribution in [3.8, 4) is 0 Å². The number of nitrogens with one attached hydrogen (secondary N) is 1. The van der Waals surface area contributed by atoms with Crippen LogP contribution in [0.5, 0.6) is 0 Å². The summed E-state index contributed by atoms with van der Waals surface area (Å²) in [6.45, 7) is 9.47. The summed E-state index contributed by atoms with van der Waals surface area (Å²) in [6, 6.07) is 2.03. The van der Waals surface area contributed by atoms with E-state index in [2.05, 4.69) is 53.5 Å². The number of hydrogen-bond acceptors (Lipinski definition) is 6. The maximum absolute atomic E-state index is 4.73. The van der Waals surface area contributed by atoms with E-state index in [1.54, 1.807) is 15.9 Å². The second-order valence-corrected chi connectivity index (χ2v) is 7.39. The first kappa shape index (κ1) is 15.9. The number of thiazole rings is 1. The summed E-state index contributed by atoms with van der Waals surface area (Å²) in [5.74, 6) is 1.56. The Morgan fingerprint density at radius 3 is 2.74 bits per heavy atom. The molecule has 23 heavy (non-hydrogen) atoms. The summed E-state index contributed by atoms with van der Waals surface area (Å²) >= 11 is 1.74. The van der Waals surface area contributed by atoms with Gasteiger partial charge in [-0.05, 0) is 6.42 Å². The molecule has 0 unspecified atom stereocenters. The van der Waals surface area contributed by atoms with Gasteiger partial charge in [0.2, 0.25) is 0 Å². The van der Waals surface area contributed by atoms with Gasteiger partial charge in [0.1, 0.15) is 12.1 Å². The normalized spacial score (nSPS) is 12.0. The number of hydrogen-bond donors (Lipinski definition) is 1. The van der Waals surface area contributed by atoms with E-state index in [1.165, 1.54) is 11.3 Å². The van der Waals surface area contributed by atoms with Crippen LogP contribution in [0.3, 0.4) is 0 Å². The highest BCUT2D eigenvalue weighted by Gasteiger charge is 2.17. The fraction of sp³-hybridized carbons (Fsp3) is 0.500. The van der Waals surface area contributed by atoms with Gasteiger partial charge >= 0.3 is 0 Å². The number of aromatic nitrogens is 5. The van der Waals surface area contributed by atoms with Gasteiger partial charge in [-0.2, -0.15) is 14.6 Å². The average Bonchev–Trinajstić information content (AvgIpc) is 3.14. The molecular formula is C16H22N6S. The predicted octanol–water partition coefficient (Wildman–Crippen LogP) is 3.10. The fourth-order valence-electron chi connectivity index (χ4n) is 2.25.